The highest BCUT2D eigenvalue weighted by Crippen LogP contribution is 2.18. The molecule has 0 aliphatic heterocycles. The Hall–Kier alpha value is -2.38. The molecule has 0 heterocycles. The molecule has 122 valence electrons. The van der Waals surface area contributed by atoms with Crippen molar-refractivity contribution in [3.63, 3.8) is 0 Å². The zero-order valence-electron chi connectivity index (χ0n) is 13.1. The van der Waals surface area contributed by atoms with E-state index in [1.165, 1.54) is 44.5 Å². The van der Waals surface area contributed by atoms with Crippen LogP contribution in [0.5, 0.6) is 0 Å². The number of amides is 1. The van der Waals surface area contributed by atoms with Crippen LogP contribution in [0.15, 0.2) is 53.4 Å². The van der Waals surface area contributed by atoms with Crippen LogP contribution < -0.4 is 4.72 Å². The number of hydroxylamine groups is 2. The van der Waals surface area contributed by atoms with E-state index in [1.54, 1.807) is 12.1 Å². The number of carbonyl (C=O) groups excluding carboxylic acids is 1. The second-order valence-corrected chi connectivity index (χ2v) is 6.67. The molecule has 6 nitrogen and oxygen atoms in total. The molecule has 2 aromatic carbocycles. The van der Waals surface area contributed by atoms with Crippen LogP contribution in [0.3, 0.4) is 0 Å². The van der Waals surface area contributed by atoms with Crippen LogP contribution >= 0.6 is 0 Å². The smallest absolute Gasteiger partial charge is 0.277 e. The summed E-state index contributed by atoms with van der Waals surface area (Å²) < 4.78 is 27.1. The first-order valence-electron chi connectivity index (χ1n) is 6.85. The fourth-order valence-electron chi connectivity index (χ4n) is 1.94. The summed E-state index contributed by atoms with van der Waals surface area (Å²) in [6.07, 6.45) is 0. The number of nitrogens with zero attached hydrogens (tertiary/aromatic N) is 1. The van der Waals surface area contributed by atoms with E-state index in [1.807, 2.05) is 13.0 Å². The van der Waals surface area contributed by atoms with Gasteiger partial charge in [-0.15, -0.1) is 0 Å². The Bertz CT molecular complexity index is 801. The molecule has 0 aliphatic carbocycles. The zero-order valence-corrected chi connectivity index (χ0v) is 13.9. The summed E-state index contributed by atoms with van der Waals surface area (Å²) in [6, 6.07) is 12.8. The molecule has 0 bridgehead atoms. The third kappa shape index (κ3) is 4.08. The molecule has 0 saturated carbocycles. The number of rotatable bonds is 5. The second kappa shape index (κ2) is 6.80. The third-order valence-electron chi connectivity index (χ3n) is 3.24. The van der Waals surface area contributed by atoms with Gasteiger partial charge >= 0.3 is 0 Å². The lowest BCUT2D eigenvalue weighted by Crippen LogP contribution is -2.25. The highest BCUT2D eigenvalue weighted by molar-refractivity contribution is 7.92. The number of sulfonamides is 1. The minimum absolute atomic E-state index is 0.191. The summed E-state index contributed by atoms with van der Waals surface area (Å²) >= 11 is 0. The van der Waals surface area contributed by atoms with Crippen molar-refractivity contribution in [2.45, 2.75) is 11.8 Å². The van der Waals surface area contributed by atoms with Crippen molar-refractivity contribution in [1.29, 1.82) is 0 Å². The second-order valence-electron chi connectivity index (χ2n) is 4.98. The van der Waals surface area contributed by atoms with Gasteiger partial charge in [-0.2, -0.15) is 0 Å². The summed E-state index contributed by atoms with van der Waals surface area (Å²) in [4.78, 5) is 16.9. The van der Waals surface area contributed by atoms with Crippen molar-refractivity contribution in [2.75, 3.05) is 18.9 Å². The summed E-state index contributed by atoms with van der Waals surface area (Å²) in [7, 11) is -0.772. The molecule has 0 radical (unpaired) electrons. The van der Waals surface area contributed by atoms with Crippen LogP contribution in [-0.2, 0) is 14.9 Å². The first-order valence-corrected chi connectivity index (χ1v) is 8.33. The van der Waals surface area contributed by atoms with E-state index in [9.17, 15) is 13.2 Å². The van der Waals surface area contributed by atoms with Gasteiger partial charge in [-0.3, -0.25) is 14.4 Å². The standard InChI is InChI=1S/C16H18N2O4S/c1-12-5-4-6-15(11-12)23(20,21)17-14-9-7-13(8-10-14)16(19)18(2)22-3/h4-11,17H,1-3H3. The van der Waals surface area contributed by atoms with E-state index in [4.69, 9.17) is 4.84 Å². The molecule has 0 saturated heterocycles. The molecule has 1 N–H and O–H groups in total. The topological polar surface area (TPSA) is 75.7 Å². The van der Waals surface area contributed by atoms with Gasteiger partial charge in [0, 0.05) is 18.3 Å². The van der Waals surface area contributed by atoms with Crippen molar-refractivity contribution < 1.29 is 18.0 Å². The number of nitrogens with one attached hydrogen (secondary N) is 1. The predicted octanol–water partition coefficient (Wildman–Crippen LogP) is 2.43. The van der Waals surface area contributed by atoms with E-state index < -0.39 is 10.0 Å². The first kappa shape index (κ1) is 17.0. The molecular formula is C16H18N2O4S. The number of hydrogen-bond donors (Lipinski definition) is 1. The fraction of sp³-hybridized carbons (Fsp3) is 0.188. The van der Waals surface area contributed by atoms with Crippen LogP contribution in [-0.4, -0.2) is 33.5 Å². The van der Waals surface area contributed by atoms with E-state index in [2.05, 4.69) is 4.72 Å². The Morgan fingerprint density at radius 3 is 2.35 bits per heavy atom. The maximum Gasteiger partial charge on any atom is 0.277 e. The lowest BCUT2D eigenvalue weighted by atomic mass is 10.2. The molecule has 7 heteroatoms. The van der Waals surface area contributed by atoms with Crippen molar-refractivity contribution in [3.8, 4) is 0 Å². The van der Waals surface area contributed by atoms with E-state index in [0.29, 0.717) is 11.3 Å². The van der Waals surface area contributed by atoms with Gasteiger partial charge in [-0.1, -0.05) is 12.1 Å². The van der Waals surface area contributed by atoms with Crippen molar-refractivity contribution in [3.05, 3.63) is 59.7 Å². The molecule has 0 fully saturated rings. The number of benzene rings is 2. The van der Waals surface area contributed by atoms with E-state index >= 15 is 0 Å². The third-order valence-corrected chi connectivity index (χ3v) is 4.62. The minimum atomic E-state index is -3.66. The van der Waals surface area contributed by atoms with Gasteiger partial charge in [0.2, 0.25) is 0 Å². The van der Waals surface area contributed by atoms with Crippen LogP contribution in [0.4, 0.5) is 5.69 Å². The highest BCUT2D eigenvalue weighted by atomic mass is 32.2. The van der Waals surface area contributed by atoms with Gasteiger partial charge in [0.05, 0.1) is 12.0 Å². The number of aryl methyl sites for hydroxylation is 1. The molecule has 0 unspecified atom stereocenters. The Morgan fingerprint density at radius 2 is 1.78 bits per heavy atom. The van der Waals surface area contributed by atoms with Crippen molar-refractivity contribution >= 4 is 21.6 Å². The molecule has 0 atom stereocenters. The largest absolute Gasteiger partial charge is 0.280 e. The van der Waals surface area contributed by atoms with Crippen LogP contribution in [0, 0.1) is 6.92 Å². The molecule has 23 heavy (non-hydrogen) atoms. The van der Waals surface area contributed by atoms with Gasteiger partial charge in [-0.05, 0) is 48.9 Å². The molecule has 2 rings (SSSR count). The summed E-state index contributed by atoms with van der Waals surface area (Å²) in [5.41, 5.74) is 1.63. The Kier molecular flexibility index (Phi) is 5.02. The SMILES string of the molecule is CON(C)C(=O)c1ccc(NS(=O)(=O)c2cccc(C)c2)cc1. The Morgan fingerprint density at radius 1 is 1.13 bits per heavy atom. The van der Waals surface area contributed by atoms with Crippen LogP contribution in [0.25, 0.3) is 0 Å². The number of hydrogen-bond acceptors (Lipinski definition) is 4. The van der Waals surface area contributed by atoms with Gasteiger partial charge in [-0.25, -0.2) is 13.5 Å². The van der Waals surface area contributed by atoms with E-state index in [0.717, 1.165) is 10.6 Å². The van der Waals surface area contributed by atoms with Gasteiger partial charge < -0.3 is 0 Å². The number of carbonyl (C=O) groups is 1. The lowest BCUT2D eigenvalue weighted by molar-refractivity contribution is -0.0756. The predicted molar refractivity (Wildman–Crippen MR) is 87.5 cm³/mol. The summed E-state index contributed by atoms with van der Waals surface area (Å²) in [5, 5.41) is 1.09. The van der Waals surface area contributed by atoms with Crippen molar-refractivity contribution in [2.24, 2.45) is 0 Å². The number of anilines is 1. The molecule has 0 aliphatic rings. The Balaban J connectivity index is 2.19. The van der Waals surface area contributed by atoms with Crippen molar-refractivity contribution in [1.82, 2.24) is 5.06 Å². The van der Waals surface area contributed by atoms with Gasteiger partial charge in [0.25, 0.3) is 15.9 Å². The maximum absolute atomic E-state index is 12.3. The molecular weight excluding hydrogens is 316 g/mol. The molecule has 2 aromatic rings. The van der Waals surface area contributed by atoms with Gasteiger partial charge in [0.15, 0.2) is 0 Å². The maximum atomic E-state index is 12.3. The molecule has 1 amide bonds. The quantitative estimate of drug-likeness (QED) is 0.852. The Labute approximate surface area is 135 Å². The average molecular weight is 334 g/mol. The lowest BCUT2D eigenvalue weighted by Gasteiger charge is -2.14. The first-order chi connectivity index (χ1) is 10.8. The van der Waals surface area contributed by atoms with Crippen LogP contribution in [0.1, 0.15) is 15.9 Å². The molecule has 0 aromatic heterocycles. The summed E-state index contributed by atoms with van der Waals surface area (Å²) in [6.45, 7) is 1.83. The zero-order chi connectivity index (χ0) is 17.0. The molecule has 0 spiro atoms. The van der Waals surface area contributed by atoms with Crippen LogP contribution in [0.2, 0.25) is 0 Å². The van der Waals surface area contributed by atoms with E-state index in [-0.39, 0.29) is 10.8 Å². The highest BCUT2D eigenvalue weighted by Gasteiger charge is 2.15. The fourth-order valence-corrected chi connectivity index (χ4v) is 3.11. The minimum Gasteiger partial charge on any atom is -0.280 e. The summed E-state index contributed by atoms with van der Waals surface area (Å²) in [5.74, 6) is -0.319. The van der Waals surface area contributed by atoms with Gasteiger partial charge in [0.1, 0.15) is 0 Å². The monoisotopic (exact) mass is 334 g/mol. The normalized spacial score (nSPS) is 11.1. The average Bonchev–Trinajstić information content (AvgIpc) is 2.54.